The molecule has 72 fully saturated rings. The second-order valence-electron chi connectivity index (χ2n) is 76.9. The van der Waals surface area contributed by atoms with Crippen molar-refractivity contribution in [2.75, 3.05) is 0 Å². The van der Waals surface area contributed by atoms with Crippen LogP contribution in [-0.4, -0.2) is 0 Å². The zero-order valence-corrected chi connectivity index (χ0v) is 74.7. The van der Waals surface area contributed by atoms with E-state index >= 15 is 0 Å². The van der Waals surface area contributed by atoms with Gasteiger partial charge in [0.2, 0.25) is 0 Å². The molecule has 0 nitrogen and oxygen atoms in total. The van der Waals surface area contributed by atoms with E-state index in [1.807, 2.05) is 0 Å². The van der Waals surface area contributed by atoms with Crippen LogP contribution in [0.3, 0.4) is 0 Å². The van der Waals surface area contributed by atoms with Crippen molar-refractivity contribution in [2.24, 2.45) is 281 Å². The minimum Gasteiger partial charge on any atom is -0.0616 e. The molecular weight excluding hydrogens is 1430 g/mol. The summed E-state index contributed by atoms with van der Waals surface area (Å²) in [6, 6.07) is 0. The quantitative estimate of drug-likeness (QED) is 0.227. The van der Waals surface area contributed by atoms with Crippen LogP contribution >= 0.6 is 0 Å². The van der Waals surface area contributed by atoms with Gasteiger partial charge in [-0.2, -0.15) is 0 Å². The van der Waals surface area contributed by atoms with Gasteiger partial charge in [0.25, 0.3) is 0 Å². The van der Waals surface area contributed by atoms with Crippen LogP contribution in [-0.2, 0) is 0 Å². The first-order chi connectivity index (χ1) is 55.9. The van der Waals surface area contributed by atoms with Crippen LogP contribution in [0.5, 0.6) is 0 Å². The topological polar surface area (TPSA) is 0 Å². The van der Waals surface area contributed by atoms with E-state index in [-0.39, 0.29) is 0 Å². The lowest BCUT2D eigenvalue weighted by Crippen LogP contribution is -3.80. The molecule has 0 amide bonds. The van der Waals surface area contributed by atoms with Gasteiger partial charge in [0.1, 0.15) is 0 Å². The maximum absolute atomic E-state index is 3.63. The first-order valence-corrected chi connectivity index (χ1v) is 55.9. The average molecular weight is 1530 g/mol. The molecule has 72 aliphatic carbocycles. The van der Waals surface area contributed by atoms with Gasteiger partial charge in [-0.05, 0) is 492 Å². The summed E-state index contributed by atoms with van der Waals surface area (Å²) < 4.78 is 0. The van der Waals surface area contributed by atoms with Crippen LogP contribution in [0.25, 0.3) is 0 Å². The molecule has 72 rings (SSSR count). The van der Waals surface area contributed by atoms with Gasteiger partial charge in [-0.15, -0.1) is 0 Å². The highest BCUT2D eigenvalue weighted by atomic mass is 15.9. The van der Waals surface area contributed by atoms with Crippen LogP contribution in [0, 0.1) is 492 Å². The number of hydrogen-bond donors (Lipinski definition) is 0. The second kappa shape index (κ2) is 6.14. The maximum Gasteiger partial charge on any atom is -0.0000000158 e. The zero-order valence-electron chi connectivity index (χ0n) is 74.7. The van der Waals surface area contributed by atoms with E-state index in [0.29, 0.717) is 168 Å². The maximum atomic E-state index is 3.63. The molecule has 88 atom stereocenters. The molecule has 0 aliphatic heterocycles. The Hall–Kier alpha value is 0. The van der Waals surface area contributed by atoms with Crippen LogP contribution in [0.15, 0.2) is 0 Å². The Bertz CT molecular complexity index is 8620. The van der Waals surface area contributed by atoms with E-state index in [9.17, 15) is 0 Å². The molecule has 0 bridgehead atoms. The van der Waals surface area contributed by atoms with Crippen molar-refractivity contribution >= 4 is 0 Å². The average Bonchev–Trinajstić information content (AvgIpc) is 0.390. The van der Waals surface area contributed by atoms with Crippen LogP contribution in [0.4, 0.5) is 0 Å². The lowest BCUT2D eigenvalue weighted by molar-refractivity contribution is -1.23. The predicted molar refractivity (Wildman–Crippen MR) is 425 cm³/mol. The molecule has 0 heteroatoms. The molecule has 0 radical (unpaired) electrons. The summed E-state index contributed by atoms with van der Waals surface area (Å²) in [5, 5.41) is 0. The molecule has 56 spiro atoms. The number of hydrogen-bond acceptors (Lipinski definition) is 0. The third kappa shape index (κ3) is 0.831. The van der Waals surface area contributed by atoms with Gasteiger partial charge >= 0.3 is 0 Å². The van der Waals surface area contributed by atoms with Gasteiger partial charge in [0.05, 0.1) is 0 Å². The van der Waals surface area contributed by atoms with Gasteiger partial charge in [0, 0.05) is 0 Å². The zero-order chi connectivity index (χ0) is 74.7. The van der Waals surface area contributed by atoms with E-state index in [2.05, 4.69) is 201 Å². The Balaban J connectivity index is 0.616. The van der Waals surface area contributed by atoms with Crippen molar-refractivity contribution in [2.45, 2.75) is 201 Å². The summed E-state index contributed by atoms with van der Waals surface area (Å²) in [6.07, 6.45) is 0. The van der Waals surface area contributed by atoms with Gasteiger partial charge < -0.3 is 0 Å². The summed E-state index contributed by atoms with van der Waals surface area (Å²) in [7, 11) is 0. The Morgan fingerprint density at radius 2 is 0.227 bits per heavy atom. The monoisotopic (exact) mass is 1520 g/mol. The predicted octanol–water partition coefficient (Wildman–Crippen LogP) is 19.2. The second-order valence-corrected chi connectivity index (χ2v) is 76.9. The van der Waals surface area contributed by atoms with Crippen molar-refractivity contribution in [1.29, 1.82) is 0 Å². The molecule has 572 valence electrons. The minimum absolute atomic E-state index is 0.374. The van der Waals surface area contributed by atoms with Crippen molar-refractivity contribution in [1.82, 2.24) is 0 Å². The standard InChI is InChI=1S/C119H96/c1-30-32-34-36-38-37-35-33-31(2)42(8)48(14)54(20)60(26)63(29)58(24)52(18)46(12)40(5,6)44(10)50(16)56(22)61(27)55(21)49(15)43(9)39(3,4)45(11)51(17)57(23)62(28)59(25)53(19)47(13)41(30,7)64(32)66(34)68(36)70(38)69(37)67(35)65(33,42)74(48)80(54)86(60)89(63)84(58)78(52)72(44,46)76(50)82(56)87(61)81(55)75(49)71(43,45)77(51)83(57)88(62)85(59)79(53)73(47,64)90(66)92(68)94(70)93(69)91(67,74)98(80)104(86)107(89)102(84)96(76,78)100(82)105(87)99(81)95(75,77)101(83)106(88)103(85)97(79,90)108(92)110(94)109(93,98)114(104)117(107)112(100,102)115(105)111(99,101)116(106)113(103,108)118(110,114)119(115,116)117/h30-38H,1-29H3/t30?,31?,32-,33+,34-,35+,36-,37+,38?,41?,42?,43+,44-,45+,46?,47-,48?,49+,50-,51+,52?,53-,54?,55+,56-,57?,58?,59?,60?,61?,62+,63?,64-,65+,66-,67+,68-,69+,70?,71+,72-,73?,74+,75+,76-,77+,78-,79-,80+,81+,82-,83+,84-,85-,86+,87?,88+,89-,90-,91+,92-,93+,94?,95+,96-,97-,98+,99+,100-,101+,102-,103-,104+,105?,106+,107-,108-,109+,110?,111+,112-,113-,114+,115?,116+,117-,118?,119?/m0/s1. The van der Waals surface area contributed by atoms with Gasteiger partial charge in [-0.3, -0.25) is 0 Å². The number of rotatable bonds is 0. The normalized spacial score (nSPS) is 138. The third-order valence-corrected chi connectivity index (χ3v) is 106. The molecule has 0 saturated heterocycles. The molecule has 72 saturated carbocycles. The van der Waals surface area contributed by atoms with Crippen molar-refractivity contribution in [3.63, 3.8) is 0 Å². The molecule has 119 heavy (non-hydrogen) atoms. The summed E-state index contributed by atoms with van der Waals surface area (Å²) in [5.74, 6) is 10.9. The summed E-state index contributed by atoms with van der Waals surface area (Å²) in [4.78, 5) is 0. The van der Waals surface area contributed by atoms with Crippen LogP contribution < -0.4 is 0 Å². The Morgan fingerprint density at radius 1 is 0.101 bits per heavy atom. The van der Waals surface area contributed by atoms with Crippen molar-refractivity contribution in [3.8, 4) is 0 Å². The van der Waals surface area contributed by atoms with Gasteiger partial charge in [-0.1, -0.05) is 201 Å². The molecule has 72 aliphatic rings. The largest absolute Gasteiger partial charge is 0.0616 e. The van der Waals surface area contributed by atoms with Crippen molar-refractivity contribution in [3.05, 3.63) is 211 Å². The minimum atomic E-state index is 0.374. The number of fused-ring (bicyclic) bond motifs is 26. The highest BCUT2D eigenvalue weighted by Gasteiger charge is 3.91. The van der Waals surface area contributed by atoms with Crippen molar-refractivity contribution < 1.29 is 0 Å². The Labute approximate surface area is 687 Å². The van der Waals surface area contributed by atoms with Crippen LogP contribution in [0.2, 0.25) is 0 Å². The summed E-state index contributed by atoms with van der Waals surface area (Å²) >= 11 is 0. The highest BCUT2D eigenvalue weighted by Crippen LogP contribution is 3.96. The lowest BCUT2D eigenvalue weighted by atomic mass is 8.18. The molecular formula is C119H96. The fourth-order valence-corrected chi connectivity index (χ4v) is 134. The molecule has 0 heterocycles. The molecule has 24 unspecified atom stereocenters. The molecule has 0 N–H and O–H groups in total. The Morgan fingerprint density at radius 3 is 0.445 bits per heavy atom. The smallest absolute Gasteiger partial charge is 0.0000000158 e. The molecule has 0 aromatic rings. The fraction of sp³-hybridized carbons (Fsp3) is 1.00. The first-order valence-electron chi connectivity index (χ1n) is 55.9. The van der Waals surface area contributed by atoms with E-state index < -0.39 is 0 Å². The Kier molecular flexibility index (Phi) is 2.37. The molecule has 0 aromatic carbocycles. The van der Waals surface area contributed by atoms with Gasteiger partial charge in [0.15, 0.2) is 0 Å². The third-order valence-electron chi connectivity index (χ3n) is 106. The van der Waals surface area contributed by atoms with Crippen LogP contribution in [0.1, 0.15) is 201 Å². The highest BCUT2D eigenvalue weighted by molar-refractivity contribution is 6.95. The van der Waals surface area contributed by atoms with E-state index in [0.717, 1.165) is 283 Å². The molecule has 0 aromatic heterocycles. The fourth-order valence-electron chi connectivity index (χ4n) is 134. The summed E-state index contributed by atoms with van der Waals surface area (Å²) in [5.41, 5.74) is 59.7. The summed E-state index contributed by atoms with van der Waals surface area (Å²) in [6.45, 7) is 101. The van der Waals surface area contributed by atoms with E-state index in [4.69, 9.17) is 0 Å². The lowest BCUT2D eigenvalue weighted by Gasteiger charge is -3.84. The SMILES string of the molecule is CC1[C@H]2[C@H]3[C@H]4C5[C@H]6[C@H]7[C@H]8C(C)C9(C)C%10(C)C%11(C)C%12(C)C%13(C)C%14(C)C%15(C)C%16(C)C(C)(C)[C@@]%17(C)[C@@]%18(C)[C@@]%19(C)C%20(C)C%21%22C%23%24C%25%26C%27%28C%29%30C%31%32C%33%34C5([C@]65[C@]76[C@@]89[C@@]%107[C@@]%118[C@@]%129[C@@]%13%10[C@@]%14%11[C@@]%15%12[C@]%16%17[C@]%18%13[C@]%21%19[C@@]%23%14[C@@]%25%15[C@@]%27%16[C@@]%29%17[C@@]%31%18[C@]%335[C@@]67[C@@]8%18[C@]%179[C@@]%10%16[C@@]%11%15[C@]%14%12%13)[C@@]45[C@@]34[C@@]23C1(C)[C@]1(C)C32[C@]36[C@]1(C)C1(C)[C@@]7(C)C8(C)[C@@]9(C)[C@@]%10(C)C(C)(C)[C@]%11(C)[C@]%12(C)[C@@]%20(C)[C@]%22%13[C@]%24%14[C@]%26%15[C@]%28%16[C@]%30%17[C@]%32%18[C@@]%345[C@@]24[C@@]%183[C@]%172[C@@]16[C@]71[C@]83[C@]94[C@@]%10%11[C@]%12%13[C@]%144[C@]%153[C@]%1612. The van der Waals surface area contributed by atoms with E-state index in [1.54, 1.807) is 0 Å². The first kappa shape index (κ1) is 45.9. The van der Waals surface area contributed by atoms with E-state index in [1.165, 1.54) is 41.4 Å². The van der Waals surface area contributed by atoms with Gasteiger partial charge in [-0.25, -0.2) is 0 Å².